The molecule has 0 aliphatic rings. The van der Waals surface area contributed by atoms with E-state index in [4.69, 9.17) is 0 Å². The number of hydrogen-bond acceptors (Lipinski definition) is 2. The summed E-state index contributed by atoms with van der Waals surface area (Å²) in [6.07, 6.45) is 0. The Balaban J connectivity index is 3.00. The zero-order valence-corrected chi connectivity index (χ0v) is 6.09. The van der Waals surface area contributed by atoms with Gasteiger partial charge in [0.2, 0.25) is 6.86 Å². The Kier molecular flexibility index (Phi) is 2.74. The van der Waals surface area contributed by atoms with Crippen LogP contribution in [0.5, 0.6) is 5.75 Å². The van der Waals surface area contributed by atoms with Gasteiger partial charge in [0.25, 0.3) is 0 Å². The number of halogens is 2. The fourth-order valence-corrected chi connectivity index (χ4v) is 0.814. The summed E-state index contributed by atoms with van der Waals surface area (Å²) in [5.41, 5.74) is -0.254. The van der Waals surface area contributed by atoms with Crippen LogP contribution in [0.1, 0.15) is 10.4 Å². The average Bonchev–Trinajstić information content (AvgIpc) is 2.05. The second-order valence-corrected chi connectivity index (χ2v) is 2.02. The number of rotatable bonds is 3. The van der Waals surface area contributed by atoms with Gasteiger partial charge in [-0.3, -0.25) is 4.79 Å². The van der Waals surface area contributed by atoms with E-state index < -0.39 is 12.9 Å². The summed E-state index contributed by atoms with van der Waals surface area (Å²) in [5.74, 6) is -0.0764. The summed E-state index contributed by atoms with van der Waals surface area (Å²) in [7, 11) is 0. The van der Waals surface area contributed by atoms with Crippen LogP contribution in [0.3, 0.4) is 0 Å². The van der Waals surface area contributed by atoms with E-state index in [1.807, 2.05) is 0 Å². The van der Waals surface area contributed by atoms with Crippen LogP contribution in [0, 0.1) is 0 Å². The Morgan fingerprint density at radius 1 is 1.42 bits per heavy atom. The molecular formula is C8H6F2O2. The van der Waals surface area contributed by atoms with E-state index in [2.05, 4.69) is 4.74 Å². The predicted molar refractivity (Wildman–Crippen MR) is 38.5 cm³/mol. The third kappa shape index (κ3) is 1.78. The van der Waals surface area contributed by atoms with Crippen molar-refractivity contribution in [2.75, 3.05) is 6.86 Å². The molecular weight excluding hydrogens is 166 g/mol. The molecule has 0 aliphatic heterocycles. The summed E-state index contributed by atoms with van der Waals surface area (Å²) in [4.78, 5) is 10.3. The highest BCUT2D eigenvalue weighted by Crippen LogP contribution is 2.18. The van der Waals surface area contributed by atoms with Crippen LogP contribution >= 0.6 is 0 Å². The minimum atomic E-state index is -1.63. The highest BCUT2D eigenvalue weighted by molar-refractivity contribution is 5.91. The maximum absolute atomic E-state index is 12.2. The molecule has 0 amide bonds. The lowest BCUT2D eigenvalue weighted by Gasteiger charge is -2.02. The van der Waals surface area contributed by atoms with E-state index >= 15 is 0 Å². The summed E-state index contributed by atoms with van der Waals surface area (Å²) in [5, 5.41) is 0. The lowest BCUT2D eigenvalue weighted by atomic mass is 10.2. The highest BCUT2D eigenvalue weighted by Gasteiger charge is 2.09. The van der Waals surface area contributed by atoms with E-state index in [9.17, 15) is 13.6 Å². The van der Waals surface area contributed by atoms with Crippen LogP contribution in [-0.4, -0.2) is 12.9 Å². The van der Waals surface area contributed by atoms with Gasteiger partial charge in [-0.25, -0.2) is 4.39 Å². The molecule has 0 heterocycles. The van der Waals surface area contributed by atoms with E-state index in [1.165, 1.54) is 24.3 Å². The van der Waals surface area contributed by atoms with Gasteiger partial charge in [0, 0.05) is 0 Å². The zero-order valence-electron chi connectivity index (χ0n) is 6.09. The zero-order chi connectivity index (χ0) is 8.97. The van der Waals surface area contributed by atoms with Crippen LogP contribution < -0.4 is 4.74 Å². The molecule has 0 saturated heterocycles. The van der Waals surface area contributed by atoms with Crippen LogP contribution in [0.15, 0.2) is 24.3 Å². The molecule has 0 aromatic heterocycles. The largest absolute Gasteiger partial charge is 0.462 e. The topological polar surface area (TPSA) is 26.3 Å². The molecule has 0 N–H and O–H groups in total. The first-order valence-corrected chi connectivity index (χ1v) is 3.23. The third-order valence-corrected chi connectivity index (χ3v) is 1.31. The fourth-order valence-electron chi connectivity index (χ4n) is 0.814. The molecule has 0 spiro atoms. The van der Waals surface area contributed by atoms with E-state index in [-0.39, 0.29) is 11.3 Å². The maximum Gasteiger partial charge on any atom is 0.335 e. The number of ether oxygens (including phenoxy) is 1. The maximum atomic E-state index is 12.2. The first kappa shape index (κ1) is 8.64. The molecule has 1 aromatic rings. The Hall–Kier alpha value is -1.45. The van der Waals surface area contributed by atoms with Crippen molar-refractivity contribution in [1.29, 1.82) is 0 Å². The monoisotopic (exact) mass is 172 g/mol. The van der Waals surface area contributed by atoms with Crippen molar-refractivity contribution in [1.82, 2.24) is 0 Å². The van der Waals surface area contributed by atoms with Gasteiger partial charge < -0.3 is 4.74 Å². The van der Waals surface area contributed by atoms with Crippen molar-refractivity contribution in [3.05, 3.63) is 29.8 Å². The number of carbonyl (C=O) groups excluding carboxylic acids is 1. The summed E-state index contributed by atoms with van der Waals surface area (Å²) in [6.45, 7) is -1.08. The molecule has 4 heteroatoms. The van der Waals surface area contributed by atoms with Gasteiger partial charge >= 0.3 is 6.04 Å². The van der Waals surface area contributed by atoms with Crippen LogP contribution in [0.4, 0.5) is 8.78 Å². The van der Waals surface area contributed by atoms with Gasteiger partial charge in [0.1, 0.15) is 5.75 Å². The number of para-hydroxylation sites is 1. The Morgan fingerprint density at radius 2 is 2.08 bits per heavy atom. The highest BCUT2D eigenvalue weighted by atomic mass is 19.1. The number of carbonyl (C=O) groups is 1. The lowest BCUT2D eigenvalue weighted by Crippen LogP contribution is -1.98. The van der Waals surface area contributed by atoms with Crippen LogP contribution in [-0.2, 0) is 0 Å². The van der Waals surface area contributed by atoms with E-state index in [0.717, 1.165) is 0 Å². The van der Waals surface area contributed by atoms with Crippen molar-refractivity contribution in [2.24, 2.45) is 0 Å². The smallest absolute Gasteiger partial charge is 0.335 e. The Labute approximate surface area is 67.8 Å². The van der Waals surface area contributed by atoms with Gasteiger partial charge in [0.05, 0.1) is 5.56 Å². The molecule has 1 aromatic carbocycles. The molecule has 12 heavy (non-hydrogen) atoms. The summed E-state index contributed by atoms with van der Waals surface area (Å²) < 4.78 is 28.2. The lowest BCUT2D eigenvalue weighted by molar-refractivity contribution is 0.0828. The van der Waals surface area contributed by atoms with Gasteiger partial charge in [-0.15, -0.1) is 0 Å². The van der Waals surface area contributed by atoms with Crippen molar-refractivity contribution < 1.29 is 18.3 Å². The second kappa shape index (κ2) is 3.80. The van der Waals surface area contributed by atoms with E-state index in [1.54, 1.807) is 0 Å². The number of hydrogen-bond donors (Lipinski definition) is 0. The summed E-state index contributed by atoms with van der Waals surface area (Å²) >= 11 is 0. The molecule has 1 rings (SSSR count). The molecule has 0 bridgehead atoms. The first-order chi connectivity index (χ1) is 5.75. The molecule has 2 nitrogen and oxygen atoms in total. The van der Waals surface area contributed by atoms with Crippen LogP contribution in [0.25, 0.3) is 0 Å². The minimum absolute atomic E-state index is 0.0764. The first-order valence-electron chi connectivity index (χ1n) is 3.23. The van der Waals surface area contributed by atoms with E-state index in [0.29, 0.717) is 0 Å². The van der Waals surface area contributed by atoms with Gasteiger partial charge in [0.15, 0.2) is 0 Å². The second-order valence-electron chi connectivity index (χ2n) is 2.02. The SMILES string of the molecule is O=C(F)c1ccccc1OCF. The molecule has 0 unspecified atom stereocenters. The molecule has 64 valence electrons. The summed E-state index contributed by atoms with van der Waals surface area (Å²) in [6, 6.07) is 3.92. The van der Waals surface area contributed by atoms with Crippen molar-refractivity contribution in [3.63, 3.8) is 0 Å². The number of alkyl halides is 1. The predicted octanol–water partition coefficient (Wildman–Crippen LogP) is 2.10. The minimum Gasteiger partial charge on any atom is -0.462 e. The number of benzene rings is 1. The Bertz CT molecular complexity index is 286. The van der Waals surface area contributed by atoms with Crippen LogP contribution in [0.2, 0.25) is 0 Å². The molecule has 0 aliphatic carbocycles. The van der Waals surface area contributed by atoms with Gasteiger partial charge in [-0.2, -0.15) is 4.39 Å². The van der Waals surface area contributed by atoms with Gasteiger partial charge in [-0.05, 0) is 12.1 Å². The normalized spacial score (nSPS) is 9.50. The average molecular weight is 172 g/mol. The molecule has 0 fully saturated rings. The van der Waals surface area contributed by atoms with Crippen molar-refractivity contribution in [2.45, 2.75) is 0 Å². The van der Waals surface area contributed by atoms with Crippen molar-refractivity contribution in [3.8, 4) is 5.75 Å². The molecule has 0 radical (unpaired) electrons. The quantitative estimate of drug-likeness (QED) is 0.652. The van der Waals surface area contributed by atoms with Gasteiger partial charge in [-0.1, -0.05) is 12.1 Å². The Morgan fingerprint density at radius 3 is 2.67 bits per heavy atom. The molecule has 0 saturated carbocycles. The molecule has 0 atom stereocenters. The van der Waals surface area contributed by atoms with Crippen molar-refractivity contribution >= 4 is 6.04 Å². The fraction of sp³-hybridized carbons (Fsp3) is 0.125. The third-order valence-electron chi connectivity index (χ3n) is 1.31. The standard InChI is InChI=1S/C8H6F2O2/c9-5-12-7-4-2-1-3-6(7)8(10)11/h1-4H,5H2.